The van der Waals surface area contributed by atoms with Gasteiger partial charge in [-0.1, -0.05) is 44.2 Å². The molecule has 0 bridgehead atoms. The predicted molar refractivity (Wildman–Crippen MR) is 128 cm³/mol. The van der Waals surface area contributed by atoms with Crippen LogP contribution in [0.5, 0.6) is 0 Å². The van der Waals surface area contributed by atoms with E-state index >= 15 is 0 Å². The fourth-order valence-corrected chi connectivity index (χ4v) is 5.06. The normalized spacial score (nSPS) is 29.2. The first-order valence-corrected chi connectivity index (χ1v) is 12.7. The van der Waals surface area contributed by atoms with Crippen LogP contribution in [0.25, 0.3) is 0 Å². The number of benzene rings is 1. The number of nitrogens with zero attached hydrogens (tertiary/aromatic N) is 1. The molecule has 1 aromatic carbocycles. The van der Waals surface area contributed by atoms with E-state index in [0.717, 1.165) is 19.3 Å². The molecule has 1 N–H and O–H groups in total. The van der Waals surface area contributed by atoms with Gasteiger partial charge in [0.05, 0.1) is 6.10 Å². The number of aliphatic hydroxyl groups is 1. The largest absolute Gasteiger partial charge is 0.461 e. The molecule has 7 heteroatoms. The second-order valence-electron chi connectivity index (χ2n) is 9.94. The molecule has 188 valence electrons. The zero-order chi connectivity index (χ0) is 24.9. The molecule has 0 saturated carbocycles. The molecule has 6 unspecified atom stereocenters. The van der Waals surface area contributed by atoms with Crippen LogP contribution in [-0.4, -0.2) is 58.2 Å². The van der Waals surface area contributed by atoms with Gasteiger partial charge in [-0.15, -0.1) is 0 Å². The maximum Gasteiger partial charge on any atom is 0.329 e. The molecule has 34 heavy (non-hydrogen) atoms. The van der Waals surface area contributed by atoms with Crippen molar-refractivity contribution in [1.29, 1.82) is 0 Å². The number of hydrogen-bond donors (Lipinski definition) is 1. The Hall–Kier alpha value is -2.25. The third-order valence-electron chi connectivity index (χ3n) is 7.44. The average molecular weight is 474 g/mol. The van der Waals surface area contributed by atoms with Gasteiger partial charge in [-0.25, -0.2) is 4.79 Å². The molecule has 3 rings (SSSR count). The summed E-state index contributed by atoms with van der Waals surface area (Å²) in [5.41, 5.74) is 1.18. The number of hydrogen-bond acceptors (Lipinski definition) is 6. The topological polar surface area (TPSA) is 93.1 Å². The summed E-state index contributed by atoms with van der Waals surface area (Å²) in [5.74, 6) is -4.86. The predicted octanol–water partition coefficient (Wildman–Crippen LogP) is 3.66. The van der Waals surface area contributed by atoms with E-state index in [9.17, 15) is 19.5 Å². The van der Waals surface area contributed by atoms with Crippen LogP contribution in [0.15, 0.2) is 30.3 Å². The van der Waals surface area contributed by atoms with Crippen LogP contribution in [-0.2, 0) is 30.3 Å². The van der Waals surface area contributed by atoms with Crippen molar-refractivity contribution in [3.05, 3.63) is 35.9 Å². The lowest BCUT2D eigenvalue weighted by Crippen LogP contribution is -2.60. The zero-order valence-electron chi connectivity index (χ0n) is 20.9. The minimum Gasteiger partial charge on any atom is -0.461 e. The van der Waals surface area contributed by atoms with Gasteiger partial charge in [-0.3, -0.25) is 9.59 Å². The SMILES string of the molecule is CCC(Cc1ccccc1)C(C)OC(=O)C1CCCCN1C(=O)C(=O)C1(O)OC(C)CCC1C. The van der Waals surface area contributed by atoms with Gasteiger partial charge in [0.2, 0.25) is 5.79 Å². The van der Waals surface area contributed by atoms with E-state index in [-0.39, 0.29) is 24.7 Å². The number of esters is 1. The molecular formula is C27H39NO6. The molecule has 2 heterocycles. The van der Waals surface area contributed by atoms with E-state index in [0.29, 0.717) is 25.7 Å². The molecule has 0 aromatic heterocycles. The number of carbonyl (C=O) groups is 3. The molecule has 0 aliphatic carbocycles. The molecule has 0 spiro atoms. The summed E-state index contributed by atoms with van der Waals surface area (Å²) in [6.45, 7) is 7.71. The smallest absolute Gasteiger partial charge is 0.329 e. The molecule has 7 nitrogen and oxygen atoms in total. The van der Waals surface area contributed by atoms with Crippen LogP contribution >= 0.6 is 0 Å². The van der Waals surface area contributed by atoms with Crippen molar-refractivity contribution in [2.24, 2.45) is 11.8 Å². The van der Waals surface area contributed by atoms with Crippen molar-refractivity contribution in [3.63, 3.8) is 0 Å². The summed E-state index contributed by atoms with van der Waals surface area (Å²) in [6.07, 6.45) is 4.16. The summed E-state index contributed by atoms with van der Waals surface area (Å²) < 4.78 is 11.4. The number of Topliss-reactive ketones (excluding diaryl/α,β-unsaturated/α-hetero) is 1. The van der Waals surface area contributed by atoms with E-state index in [4.69, 9.17) is 9.47 Å². The van der Waals surface area contributed by atoms with Gasteiger partial charge >= 0.3 is 5.97 Å². The highest BCUT2D eigenvalue weighted by Gasteiger charge is 2.52. The van der Waals surface area contributed by atoms with Crippen LogP contribution in [0.1, 0.15) is 71.8 Å². The van der Waals surface area contributed by atoms with Crippen LogP contribution in [0.2, 0.25) is 0 Å². The van der Waals surface area contributed by atoms with Gasteiger partial charge in [0.1, 0.15) is 12.1 Å². The van der Waals surface area contributed by atoms with E-state index < -0.39 is 35.4 Å². The second-order valence-corrected chi connectivity index (χ2v) is 9.94. The minimum atomic E-state index is -2.16. The zero-order valence-corrected chi connectivity index (χ0v) is 20.9. The first kappa shape index (κ1) is 26.4. The fraction of sp³-hybridized carbons (Fsp3) is 0.667. The molecular weight excluding hydrogens is 434 g/mol. The van der Waals surface area contributed by atoms with Gasteiger partial charge in [0.25, 0.3) is 11.7 Å². The average Bonchev–Trinajstić information content (AvgIpc) is 2.84. The number of ketones is 1. The molecule has 1 amide bonds. The first-order chi connectivity index (χ1) is 16.2. The number of likely N-dealkylation sites (tertiary alicyclic amines) is 1. The van der Waals surface area contributed by atoms with Crippen molar-refractivity contribution in [1.82, 2.24) is 4.90 Å². The Balaban J connectivity index is 1.69. The van der Waals surface area contributed by atoms with E-state index in [1.165, 1.54) is 10.5 Å². The molecule has 6 atom stereocenters. The van der Waals surface area contributed by atoms with Crippen molar-refractivity contribution in [2.45, 2.75) is 96.7 Å². The Morgan fingerprint density at radius 3 is 2.53 bits per heavy atom. The van der Waals surface area contributed by atoms with Gasteiger partial charge in [-0.2, -0.15) is 0 Å². The summed E-state index contributed by atoms with van der Waals surface area (Å²) in [7, 11) is 0. The lowest BCUT2D eigenvalue weighted by Gasteiger charge is -2.41. The summed E-state index contributed by atoms with van der Waals surface area (Å²) in [6, 6.07) is 9.25. The molecule has 2 saturated heterocycles. The number of rotatable bonds is 8. The minimum absolute atomic E-state index is 0.138. The lowest BCUT2D eigenvalue weighted by molar-refractivity contribution is -0.259. The highest BCUT2D eigenvalue weighted by Crippen LogP contribution is 2.34. The van der Waals surface area contributed by atoms with Crippen LogP contribution < -0.4 is 0 Å². The molecule has 0 radical (unpaired) electrons. The Morgan fingerprint density at radius 1 is 1.15 bits per heavy atom. The molecule has 2 aliphatic rings. The maximum absolute atomic E-state index is 13.2. The van der Waals surface area contributed by atoms with Crippen molar-refractivity contribution < 1.29 is 29.0 Å². The van der Waals surface area contributed by atoms with Gasteiger partial charge in [0, 0.05) is 12.5 Å². The first-order valence-electron chi connectivity index (χ1n) is 12.7. The van der Waals surface area contributed by atoms with Crippen molar-refractivity contribution in [3.8, 4) is 0 Å². The second kappa shape index (κ2) is 11.5. The standard InChI is InChI=1S/C27H39NO6/c1-5-22(17-21-11-7-6-8-12-21)20(4)33-26(31)23-13-9-10-16-28(23)25(30)24(29)27(32)18(2)14-15-19(3)34-27/h6-8,11-12,18-20,22-23,32H,5,9-10,13-17H2,1-4H3. The van der Waals surface area contributed by atoms with Gasteiger partial charge < -0.3 is 19.5 Å². The van der Waals surface area contributed by atoms with E-state index in [1.807, 2.05) is 25.1 Å². The number of carbonyl (C=O) groups excluding carboxylic acids is 3. The number of ether oxygens (including phenoxy) is 2. The van der Waals surface area contributed by atoms with Gasteiger partial charge in [0.15, 0.2) is 0 Å². The highest BCUT2D eigenvalue weighted by atomic mass is 16.6. The fourth-order valence-electron chi connectivity index (χ4n) is 5.06. The Bertz CT molecular complexity index is 858. The van der Waals surface area contributed by atoms with Gasteiger partial charge in [-0.05, 0) is 70.3 Å². The third-order valence-corrected chi connectivity index (χ3v) is 7.44. The Kier molecular flexibility index (Phi) is 8.88. The van der Waals surface area contributed by atoms with Crippen molar-refractivity contribution in [2.75, 3.05) is 6.54 Å². The summed E-state index contributed by atoms with van der Waals surface area (Å²) in [5, 5.41) is 11.0. The summed E-state index contributed by atoms with van der Waals surface area (Å²) in [4.78, 5) is 40.8. The molecule has 2 fully saturated rings. The lowest BCUT2D eigenvalue weighted by atomic mass is 9.87. The van der Waals surface area contributed by atoms with Crippen molar-refractivity contribution >= 4 is 17.7 Å². The van der Waals surface area contributed by atoms with E-state index in [2.05, 4.69) is 19.1 Å². The quantitative estimate of drug-likeness (QED) is 0.458. The number of amides is 1. The van der Waals surface area contributed by atoms with Crippen LogP contribution in [0, 0.1) is 11.8 Å². The highest BCUT2D eigenvalue weighted by molar-refractivity contribution is 6.39. The van der Waals surface area contributed by atoms with Crippen LogP contribution in [0.4, 0.5) is 0 Å². The molecule has 2 aliphatic heterocycles. The Morgan fingerprint density at radius 2 is 1.85 bits per heavy atom. The van der Waals surface area contributed by atoms with Crippen LogP contribution in [0.3, 0.4) is 0 Å². The summed E-state index contributed by atoms with van der Waals surface area (Å²) >= 11 is 0. The van der Waals surface area contributed by atoms with E-state index in [1.54, 1.807) is 13.8 Å². The number of piperidine rings is 1. The third kappa shape index (κ3) is 5.87. The maximum atomic E-state index is 13.2. The molecule has 1 aromatic rings. The Labute approximate surface area is 202 Å². The monoisotopic (exact) mass is 473 g/mol.